The quantitative estimate of drug-likeness (QED) is 0.530. The van der Waals surface area contributed by atoms with Crippen molar-refractivity contribution in [3.8, 4) is 6.07 Å². The Hall–Kier alpha value is -2.43. The molecule has 0 atom stereocenters. The number of nitrogens with zero attached hydrogens (tertiary/aromatic N) is 4. The fraction of sp³-hybridized carbons (Fsp3) is 0. The van der Waals surface area contributed by atoms with Crippen molar-refractivity contribution < 1.29 is 4.92 Å². The highest BCUT2D eigenvalue weighted by Gasteiger charge is 2.22. The smallest absolute Gasteiger partial charge is 0.333 e. The van der Waals surface area contributed by atoms with Gasteiger partial charge < -0.3 is 5.32 Å². The van der Waals surface area contributed by atoms with Crippen LogP contribution in [0.25, 0.3) is 0 Å². The maximum absolute atomic E-state index is 10.9. The van der Waals surface area contributed by atoms with Crippen molar-refractivity contribution in [2.75, 3.05) is 5.32 Å². The molecule has 2 rings (SSSR count). The van der Waals surface area contributed by atoms with E-state index in [-0.39, 0.29) is 16.0 Å². The largest absolute Gasteiger partial charge is 0.348 e. The van der Waals surface area contributed by atoms with Crippen molar-refractivity contribution in [2.24, 2.45) is 0 Å². The Bertz CT molecular complexity index is 729. The fourth-order valence-corrected chi connectivity index (χ4v) is 1.85. The molecule has 0 aliphatic rings. The van der Waals surface area contributed by atoms with Crippen LogP contribution in [0.3, 0.4) is 0 Å². The number of aromatic nitrogens is 2. The molecule has 0 amide bonds. The Labute approximate surface area is 122 Å². The number of anilines is 2. The maximum atomic E-state index is 10.9. The molecule has 1 aromatic carbocycles. The fourth-order valence-electron chi connectivity index (χ4n) is 1.42. The Kier molecular flexibility index (Phi) is 3.98. The molecule has 0 bridgehead atoms. The van der Waals surface area contributed by atoms with Crippen LogP contribution in [0.2, 0.25) is 10.2 Å². The minimum absolute atomic E-state index is 0.0818. The van der Waals surface area contributed by atoms with Gasteiger partial charge in [-0.3, -0.25) is 10.1 Å². The molecule has 1 aromatic heterocycles. The van der Waals surface area contributed by atoms with Crippen molar-refractivity contribution >= 4 is 40.4 Å². The molecule has 0 unspecified atom stereocenters. The van der Waals surface area contributed by atoms with Crippen molar-refractivity contribution in [1.29, 1.82) is 5.26 Å². The molecule has 0 saturated heterocycles. The molecule has 20 heavy (non-hydrogen) atoms. The molecule has 2 aromatic rings. The van der Waals surface area contributed by atoms with E-state index in [1.807, 2.05) is 6.07 Å². The van der Waals surface area contributed by atoms with Gasteiger partial charge in [0.25, 0.3) is 0 Å². The average Bonchev–Trinajstić information content (AvgIpc) is 2.40. The highest BCUT2D eigenvalue weighted by atomic mass is 35.5. The molecular formula is C11H5Cl2N5O2. The van der Waals surface area contributed by atoms with Crippen LogP contribution in [-0.4, -0.2) is 14.9 Å². The molecule has 0 fully saturated rings. The van der Waals surface area contributed by atoms with Crippen molar-refractivity contribution in [1.82, 2.24) is 9.97 Å². The highest BCUT2D eigenvalue weighted by Crippen LogP contribution is 2.33. The van der Waals surface area contributed by atoms with Gasteiger partial charge in [0, 0.05) is 0 Å². The summed E-state index contributed by atoms with van der Waals surface area (Å²) in [6.45, 7) is 0. The van der Waals surface area contributed by atoms with Crippen LogP contribution in [0.15, 0.2) is 24.5 Å². The molecule has 0 spiro atoms. The summed E-state index contributed by atoms with van der Waals surface area (Å²) in [7, 11) is 0. The summed E-state index contributed by atoms with van der Waals surface area (Å²) in [4.78, 5) is 17.6. The number of nitrogens with one attached hydrogen (secondary N) is 1. The lowest BCUT2D eigenvalue weighted by Gasteiger charge is -2.08. The summed E-state index contributed by atoms with van der Waals surface area (Å²) in [5, 5.41) is 22.3. The molecular weight excluding hydrogens is 305 g/mol. The van der Waals surface area contributed by atoms with Crippen LogP contribution >= 0.6 is 23.2 Å². The van der Waals surface area contributed by atoms with Gasteiger partial charge in [-0.1, -0.05) is 23.2 Å². The van der Waals surface area contributed by atoms with Crippen LogP contribution in [0.4, 0.5) is 17.2 Å². The second-order valence-corrected chi connectivity index (χ2v) is 4.32. The van der Waals surface area contributed by atoms with Gasteiger partial charge in [-0.05, 0) is 18.2 Å². The second-order valence-electron chi connectivity index (χ2n) is 3.55. The zero-order chi connectivity index (χ0) is 14.7. The number of nitro groups is 1. The molecule has 0 saturated carbocycles. The maximum Gasteiger partial charge on any atom is 0.348 e. The standard InChI is InChI=1S/C11H5Cl2N5O2/c12-7-3-6(4-14)1-2-8(7)17-11-9(18(19)20)10(13)15-5-16-11/h1-3,5H,(H,15,16,17). The van der Waals surface area contributed by atoms with E-state index in [1.54, 1.807) is 0 Å². The van der Waals surface area contributed by atoms with Gasteiger partial charge in [0.1, 0.15) is 6.33 Å². The minimum atomic E-state index is -0.692. The normalized spacial score (nSPS) is 9.85. The monoisotopic (exact) mass is 309 g/mol. The van der Waals surface area contributed by atoms with E-state index in [9.17, 15) is 10.1 Å². The third-order valence-corrected chi connectivity index (χ3v) is 2.90. The lowest BCUT2D eigenvalue weighted by atomic mass is 10.2. The van der Waals surface area contributed by atoms with Gasteiger partial charge in [0.15, 0.2) is 0 Å². The molecule has 100 valence electrons. The van der Waals surface area contributed by atoms with E-state index in [0.29, 0.717) is 11.3 Å². The number of benzene rings is 1. The zero-order valence-electron chi connectivity index (χ0n) is 9.67. The summed E-state index contributed by atoms with van der Waals surface area (Å²) in [6.07, 6.45) is 1.09. The van der Waals surface area contributed by atoms with Crippen molar-refractivity contribution in [2.45, 2.75) is 0 Å². The minimum Gasteiger partial charge on any atom is -0.333 e. The Morgan fingerprint density at radius 3 is 2.70 bits per heavy atom. The van der Waals surface area contributed by atoms with Crippen LogP contribution in [0, 0.1) is 21.4 Å². The van der Waals surface area contributed by atoms with Crippen LogP contribution in [0.1, 0.15) is 5.56 Å². The predicted molar refractivity (Wildman–Crippen MR) is 73.1 cm³/mol. The third kappa shape index (κ3) is 2.77. The first-order valence-corrected chi connectivity index (χ1v) is 5.90. The number of halogens is 2. The van der Waals surface area contributed by atoms with Crippen molar-refractivity contribution in [3.05, 3.63) is 50.4 Å². The predicted octanol–water partition coefficient (Wildman–Crippen LogP) is 3.31. The van der Waals surface area contributed by atoms with E-state index in [2.05, 4.69) is 15.3 Å². The summed E-state index contributed by atoms with van der Waals surface area (Å²) in [5.74, 6) is -0.0818. The van der Waals surface area contributed by atoms with Gasteiger partial charge >= 0.3 is 5.69 Å². The molecule has 0 radical (unpaired) electrons. The summed E-state index contributed by atoms with van der Waals surface area (Å²) in [6, 6.07) is 6.39. The van der Waals surface area contributed by atoms with Crippen LogP contribution < -0.4 is 5.32 Å². The van der Waals surface area contributed by atoms with Gasteiger partial charge in [-0.15, -0.1) is 0 Å². The first kappa shape index (κ1) is 14.0. The van der Waals surface area contributed by atoms with Crippen LogP contribution in [-0.2, 0) is 0 Å². The van der Waals surface area contributed by atoms with Gasteiger partial charge in [0.2, 0.25) is 11.0 Å². The lowest BCUT2D eigenvalue weighted by molar-refractivity contribution is -0.384. The topological polar surface area (TPSA) is 105 Å². The Balaban J connectivity index is 2.43. The molecule has 1 heterocycles. The zero-order valence-corrected chi connectivity index (χ0v) is 11.2. The van der Waals surface area contributed by atoms with E-state index in [1.165, 1.54) is 18.2 Å². The first-order chi connectivity index (χ1) is 9.52. The summed E-state index contributed by atoms with van der Waals surface area (Å²) < 4.78 is 0. The Morgan fingerprint density at radius 1 is 1.35 bits per heavy atom. The van der Waals surface area contributed by atoms with E-state index < -0.39 is 10.6 Å². The van der Waals surface area contributed by atoms with E-state index in [4.69, 9.17) is 28.5 Å². The third-order valence-electron chi connectivity index (χ3n) is 2.31. The van der Waals surface area contributed by atoms with E-state index in [0.717, 1.165) is 6.33 Å². The highest BCUT2D eigenvalue weighted by molar-refractivity contribution is 6.33. The molecule has 1 N–H and O–H groups in total. The Morgan fingerprint density at radius 2 is 2.10 bits per heavy atom. The molecule has 7 nitrogen and oxygen atoms in total. The lowest BCUT2D eigenvalue weighted by Crippen LogP contribution is -2.02. The van der Waals surface area contributed by atoms with Gasteiger partial charge in [0.05, 0.1) is 27.3 Å². The summed E-state index contributed by atoms with van der Waals surface area (Å²) >= 11 is 11.6. The van der Waals surface area contributed by atoms with Gasteiger partial charge in [-0.2, -0.15) is 5.26 Å². The second kappa shape index (κ2) is 5.69. The number of rotatable bonds is 3. The van der Waals surface area contributed by atoms with Gasteiger partial charge in [-0.25, -0.2) is 9.97 Å². The van der Waals surface area contributed by atoms with Crippen LogP contribution in [0.5, 0.6) is 0 Å². The van der Waals surface area contributed by atoms with E-state index >= 15 is 0 Å². The molecule has 0 aliphatic heterocycles. The number of nitriles is 1. The number of hydrogen-bond donors (Lipinski definition) is 1. The number of hydrogen-bond acceptors (Lipinski definition) is 6. The molecule has 9 heteroatoms. The van der Waals surface area contributed by atoms with Crippen molar-refractivity contribution in [3.63, 3.8) is 0 Å². The first-order valence-electron chi connectivity index (χ1n) is 5.14. The molecule has 0 aliphatic carbocycles. The SMILES string of the molecule is N#Cc1ccc(Nc2ncnc(Cl)c2[N+](=O)[O-])c(Cl)c1. The average molecular weight is 310 g/mol. The summed E-state index contributed by atoms with van der Waals surface area (Å²) in [5.41, 5.74) is 0.286.